The first-order valence-electron chi connectivity index (χ1n) is 14.5. The van der Waals surface area contributed by atoms with Crippen LogP contribution in [0.1, 0.15) is 75.9 Å². The van der Waals surface area contributed by atoms with Crippen LogP contribution in [-0.4, -0.2) is 64.9 Å². The number of aromatic nitrogens is 2. The second kappa shape index (κ2) is 13.3. The molecule has 1 amide bonds. The molecular weight excluding hydrogens is 472 g/mol. The van der Waals surface area contributed by atoms with Crippen molar-refractivity contribution in [1.29, 1.82) is 0 Å². The minimum Gasteiger partial charge on any atom is -0.497 e. The van der Waals surface area contributed by atoms with E-state index in [9.17, 15) is 4.79 Å². The van der Waals surface area contributed by atoms with Crippen molar-refractivity contribution in [3.05, 3.63) is 53.9 Å². The number of benzene rings is 1. The molecule has 4 rings (SSSR count). The zero-order chi connectivity index (χ0) is 27.1. The van der Waals surface area contributed by atoms with Crippen LogP contribution in [0.25, 0.3) is 16.9 Å². The molecule has 1 fully saturated rings. The van der Waals surface area contributed by atoms with Gasteiger partial charge in [0.2, 0.25) is 0 Å². The van der Waals surface area contributed by atoms with E-state index in [1.165, 1.54) is 25.9 Å². The summed E-state index contributed by atoms with van der Waals surface area (Å²) in [5, 5.41) is 0. The van der Waals surface area contributed by atoms with Crippen molar-refractivity contribution >= 4 is 11.6 Å². The molecule has 0 spiro atoms. The second-order valence-corrected chi connectivity index (χ2v) is 11.6. The van der Waals surface area contributed by atoms with Crippen molar-refractivity contribution in [1.82, 2.24) is 19.2 Å². The number of imidazole rings is 1. The van der Waals surface area contributed by atoms with Gasteiger partial charge in [0.1, 0.15) is 11.4 Å². The summed E-state index contributed by atoms with van der Waals surface area (Å²) < 4.78 is 7.67. The van der Waals surface area contributed by atoms with E-state index in [4.69, 9.17) is 9.72 Å². The van der Waals surface area contributed by atoms with Crippen molar-refractivity contribution in [2.24, 2.45) is 11.8 Å². The molecule has 1 saturated heterocycles. The summed E-state index contributed by atoms with van der Waals surface area (Å²) in [4.78, 5) is 23.4. The van der Waals surface area contributed by atoms with E-state index in [0.29, 0.717) is 11.8 Å². The number of carbonyl (C=O) groups excluding carboxylic acids is 1. The van der Waals surface area contributed by atoms with E-state index < -0.39 is 0 Å². The third-order valence-corrected chi connectivity index (χ3v) is 7.63. The second-order valence-electron chi connectivity index (χ2n) is 11.6. The number of ether oxygens (including phenoxy) is 1. The van der Waals surface area contributed by atoms with Gasteiger partial charge in [-0.25, -0.2) is 4.98 Å². The van der Waals surface area contributed by atoms with Gasteiger partial charge in [0.25, 0.3) is 5.91 Å². The molecule has 3 aromatic rings. The molecule has 38 heavy (non-hydrogen) atoms. The van der Waals surface area contributed by atoms with Crippen molar-refractivity contribution in [2.75, 3.05) is 39.8 Å². The molecule has 3 heterocycles. The summed E-state index contributed by atoms with van der Waals surface area (Å²) in [6, 6.07) is 12.1. The van der Waals surface area contributed by atoms with Gasteiger partial charge in [0, 0.05) is 24.8 Å². The Hall–Kier alpha value is -2.86. The van der Waals surface area contributed by atoms with E-state index >= 15 is 0 Å². The summed E-state index contributed by atoms with van der Waals surface area (Å²) in [6.07, 6.45) is 8.64. The lowest BCUT2D eigenvalue weighted by Gasteiger charge is -2.24. The van der Waals surface area contributed by atoms with Gasteiger partial charge < -0.3 is 18.9 Å². The maximum absolute atomic E-state index is 13.7. The van der Waals surface area contributed by atoms with Crippen LogP contribution in [0.4, 0.5) is 0 Å². The quantitative estimate of drug-likeness (QED) is 0.257. The maximum atomic E-state index is 13.7. The highest BCUT2D eigenvalue weighted by molar-refractivity contribution is 5.94. The van der Waals surface area contributed by atoms with Gasteiger partial charge in [-0.05, 0) is 94.3 Å². The summed E-state index contributed by atoms with van der Waals surface area (Å²) in [5.41, 5.74) is 4.81. The number of rotatable bonds is 13. The molecule has 0 radical (unpaired) electrons. The number of aryl methyl sites for hydroxylation is 1. The summed E-state index contributed by atoms with van der Waals surface area (Å²) in [7, 11) is 1.70. The number of methoxy groups -OCH3 is 1. The van der Waals surface area contributed by atoms with Crippen LogP contribution in [0.2, 0.25) is 0 Å². The number of carbonyl (C=O) groups is 1. The number of likely N-dealkylation sites (tertiary alicyclic amines) is 1. The molecule has 0 aliphatic carbocycles. The Kier molecular flexibility index (Phi) is 9.84. The van der Waals surface area contributed by atoms with Crippen LogP contribution in [0.5, 0.6) is 5.75 Å². The lowest BCUT2D eigenvalue weighted by Crippen LogP contribution is -2.34. The summed E-state index contributed by atoms with van der Waals surface area (Å²) in [6.45, 7) is 14.0. The molecule has 0 N–H and O–H groups in total. The Bertz CT molecular complexity index is 1180. The van der Waals surface area contributed by atoms with Gasteiger partial charge in [-0.3, -0.25) is 4.79 Å². The fourth-order valence-electron chi connectivity index (χ4n) is 5.26. The van der Waals surface area contributed by atoms with Gasteiger partial charge in [0.05, 0.1) is 24.1 Å². The molecule has 0 bridgehead atoms. The Balaban J connectivity index is 1.67. The average molecular weight is 519 g/mol. The van der Waals surface area contributed by atoms with Gasteiger partial charge in [-0.15, -0.1) is 0 Å². The number of nitrogens with zero attached hydrogens (tertiary/aromatic N) is 4. The first-order chi connectivity index (χ1) is 18.4. The topological polar surface area (TPSA) is 50.1 Å². The van der Waals surface area contributed by atoms with Crippen molar-refractivity contribution in [3.8, 4) is 17.0 Å². The molecule has 0 atom stereocenters. The van der Waals surface area contributed by atoms with Crippen molar-refractivity contribution < 1.29 is 9.53 Å². The SMILES string of the molecule is COc1cccc(-c2nc3ccc(C(=O)N(CCC(C)C)CCC(C)C)cn3c2CCCN2CCCC2)c1. The minimum atomic E-state index is 0.118. The minimum absolute atomic E-state index is 0.118. The first-order valence-corrected chi connectivity index (χ1v) is 14.5. The highest BCUT2D eigenvalue weighted by Crippen LogP contribution is 2.29. The highest BCUT2D eigenvalue weighted by atomic mass is 16.5. The predicted octanol–water partition coefficient (Wildman–Crippen LogP) is 6.57. The molecule has 1 aliphatic heterocycles. The zero-order valence-electron chi connectivity index (χ0n) is 24.1. The third-order valence-electron chi connectivity index (χ3n) is 7.63. The Labute approximate surface area is 229 Å². The number of hydrogen-bond donors (Lipinski definition) is 0. The molecule has 6 nitrogen and oxygen atoms in total. The molecule has 6 heteroatoms. The zero-order valence-corrected chi connectivity index (χ0v) is 24.1. The molecule has 1 aromatic carbocycles. The van der Waals surface area contributed by atoms with E-state index in [-0.39, 0.29) is 5.91 Å². The van der Waals surface area contributed by atoms with Gasteiger partial charge >= 0.3 is 0 Å². The number of fused-ring (bicyclic) bond motifs is 1. The van der Waals surface area contributed by atoms with Crippen LogP contribution >= 0.6 is 0 Å². The summed E-state index contributed by atoms with van der Waals surface area (Å²) in [5.74, 6) is 2.07. The van der Waals surface area contributed by atoms with Crippen LogP contribution in [0, 0.1) is 11.8 Å². The lowest BCUT2D eigenvalue weighted by molar-refractivity contribution is 0.0740. The van der Waals surface area contributed by atoms with Gasteiger partial charge in [0.15, 0.2) is 0 Å². The van der Waals surface area contributed by atoms with E-state index in [0.717, 1.165) is 79.2 Å². The van der Waals surface area contributed by atoms with Crippen LogP contribution in [0.3, 0.4) is 0 Å². The van der Waals surface area contributed by atoms with Crippen molar-refractivity contribution in [3.63, 3.8) is 0 Å². The number of pyridine rings is 1. The fourth-order valence-corrected chi connectivity index (χ4v) is 5.26. The van der Waals surface area contributed by atoms with Crippen LogP contribution < -0.4 is 4.74 Å². The molecular formula is C32H46N4O2. The first kappa shape index (κ1) is 28.2. The Morgan fingerprint density at radius 2 is 1.74 bits per heavy atom. The molecule has 2 aromatic heterocycles. The average Bonchev–Trinajstić information content (AvgIpc) is 3.56. The molecule has 0 saturated carbocycles. The third kappa shape index (κ3) is 7.16. The van der Waals surface area contributed by atoms with E-state index in [1.54, 1.807) is 7.11 Å². The van der Waals surface area contributed by atoms with E-state index in [2.05, 4.69) is 49.1 Å². The predicted molar refractivity (Wildman–Crippen MR) is 156 cm³/mol. The van der Waals surface area contributed by atoms with E-state index in [1.807, 2.05) is 35.4 Å². The van der Waals surface area contributed by atoms with Gasteiger partial charge in [-0.2, -0.15) is 0 Å². The Morgan fingerprint density at radius 1 is 1.03 bits per heavy atom. The van der Waals surface area contributed by atoms with Crippen LogP contribution in [-0.2, 0) is 6.42 Å². The summed E-state index contributed by atoms with van der Waals surface area (Å²) >= 11 is 0. The maximum Gasteiger partial charge on any atom is 0.255 e. The molecule has 0 unspecified atom stereocenters. The monoisotopic (exact) mass is 518 g/mol. The largest absolute Gasteiger partial charge is 0.497 e. The van der Waals surface area contributed by atoms with Crippen molar-refractivity contribution in [2.45, 2.75) is 66.2 Å². The Morgan fingerprint density at radius 3 is 2.39 bits per heavy atom. The molecule has 206 valence electrons. The number of hydrogen-bond acceptors (Lipinski definition) is 4. The highest BCUT2D eigenvalue weighted by Gasteiger charge is 2.21. The lowest BCUT2D eigenvalue weighted by atomic mass is 10.1. The number of amides is 1. The molecule has 1 aliphatic rings. The smallest absolute Gasteiger partial charge is 0.255 e. The van der Waals surface area contributed by atoms with Crippen LogP contribution in [0.15, 0.2) is 42.6 Å². The standard InChI is InChI=1S/C32H46N4O2/c1-24(2)15-20-35(21-16-25(3)4)32(37)27-13-14-30-33-31(26-10-8-11-28(22-26)38-5)29(36(30)23-27)12-9-19-34-17-6-7-18-34/h8,10-11,13-14,22-25H,6-7,9,12,15-21H2,1-5H3. The normalized spacial score (nSPS) is 14.2. The fraction of sp³-hybridized carbons (Fsp3) is 0.562. The van der Waals surface area contributed by atoms with Gasteiger partial charge in [-0.1, -0.05) is 39.8 Å².